The summed E-state index contributed by atoms with van der Waals surface area (Å²) in [7, 11) is 0. The topological polar surface area (TPSA) is 71.8 Å². The van der Waals surface area contributed by atoms with Crippen LogP contribution in [0.3, 0.4) is 0 Å². The number of para-hydroxylation sites is 1. The third-order valence-corrected chi connectivity index (χ3v) is 7.22. The van der Waals surface area contributed by atoms with Crippen molar-refractivity contribution in [3.8, 4) is 0 Å². The molecular formula is C29H29N5OS. The van der Waals surface area contributed by atoms with E-state index in [0.29, 0.717) is 16.7 Å². The lowest BCUT2D eigenvalue weighted by Gasteiger charge is -2.29. The molecule has 0 bridgehead atoms. The minimum absolute atomic E-state index is 0.157. The van der Waals surface area contributed by atoms with Crippen molar-refractivity contribution in [1.29, 1.82) is 0 Å². The van der Waals surface area contributed by atoms with Gasteiger partial charge in [0.05, 0.1) is 5.57 Å². The first-order valence-electron chi connectivity index (χ1n) is 12.0. The average Bonchev–Trinajstić information content (AvgIpc) is 3.26. The van der Waals surface area contributed by atoms with Gasteiger partial charge in [-0.15, -0.1) is 5.10 Å². The predicted molar refractivity (Wildman–Crippen MR) is 146 cm³/mol. The molecule has 1 aliphatic heterocycles. The summed E-state index contributed by atoms with van der Waals surface area (Å²) in [5, 5.41) is 12.0. The smallest absolute Gasteiger partial charge is 0.255 e. The highest BCUT2D eigenvalue weighted by molar-refractivity contribution is 7.98. The van der Waals surface area contributed by atoms with Crippen LogP contribution in [0.2, 0.25) is 0 Å². The Morgan fingerprint density at radius 2 is 1.75 bits per heavy atom. The summed E-state index contributed by atoms with van der Waals surface area (Å²) in [5.41, 5.74) is 7.79. The molecule has 1 aromatic heterocycles. The largest absolute Gasteiger partial charge is 0.328 e. The second kappa shape index (κ2) is 10.0. The van der Waals surface area contributed by atoms with Crippen LogP contribution in [0.25, 0.3) is 0 Å². The van der Waals surface area contributed by atoms with Crippen molar-refractivity contribution in [2.24, 2.45) is 0 Å². The number of hydrogen-bond acceptors (Lipinski definition) is 5. The maximum atomic E-state index is 13.7. The normalized spacial score (nSPS) is 14.8. The molecule has 2 heterocycles. The van der Waals surface area contributed by atoms with E-state index >= 15 is 0 Å². The fraction of sp³-hybridized carbons (Fsp3) is 0.207. The number of carbonyl (C=O) groups is 1. The Labute approximate surface area is 215 Å². The fourth-order valence-corrected chi connectivity index (χ4v) is 5.17. The molecule has 0 spiro atoms. The number of anilines is 2. The number of thioether (sulfide) groups is 1. The van der Waals surface area contributed by atoms with Gasteiger partial charge in [0.15, 0.2) is 0 Å². The van der Waals surface area contributed by atoms with Gasteiger partial charge in [-0.05, 0) is 50.5 Å². The van der Waals surface area contributed by atoms with Crippen molar-refractivity contribution in [2.45, 2.75) is 44.6 Å². The molecule has 0 fully saturated rings. The van der Waals surface area contributed by atoms with Gasteiger partial charge in [-0.25, -0.2) is 4.68 Å². The summed E-state index contributed by atoms with van der Waals surface area (Å²) < 4.78 is 1.84. The molecule has 5 rings (SSSR count). The molecule has 2 N–H and O–H groups in total. The van der Waals surface area contributed by atoms with Crippen LogP contribution in [0, 0.1) is 20.8 Å². The van der Waals surface area contributed by atoms with Crippen molar-refractivity contribution in [3.63, 3.8) is 0 Å². The molecule has 0 saturated heterocycles. The van der Waals surface area contributed by atoms with E-state index in [0.717, 1.165) is 33.8 Å². The lowest BCUT2D eigenvalue weighted by molar-refractivity contribution is -0.113. The van der Waals surface area contributed by atoms with E-state index in [9.17, 15) is 4.79 Å². The van der Waals surface area contributed by atoms with Crippen LogP contribution >= 0.6 is 11.8 Å². The van der Waals surface area contributed by atoms with Crippen molar-refractivity contribution in [3.05, 3.63) is 112 Å². The molecule has 4 aromatic rings. The van der Waals surface area contributed by atoms with E-state index in [4.69, 9.17) is 10.1 Å². The number of hydrogen-bond donors (Lipinski definition) is 2. The predicted octanol–water partition coefficient (Wildman–Crippen LogP) is 6.42. The number of nitrogens with one attached hydrogen (secondary N) is 2. The van der Waals surface area contributed by atoms with E-state index in [-0.39, 0.29) is 5.91 Å². The number of nitrogens with zero attached hydrogens (tertiary/aromatic N) is 3. The number of allylic oxidation sites excluding steroid dienone is 1. The average molecular weight is 496 g/mol. The van der Waals surface area contributed by atoms with Crippen molar-refractivity contribution in [1.82, 2.24) is 14.8 Å². The van der Waals surface area contributed by atoms with Gasteiger partial charge in [-0.1, -0.05) is 89.6 Å². The first-order valence-corrected chi connectivity index (χ1v) is 12.9. The monoisotopic (exact) mass is 495 g/mol. The Morgan fingerprint density at radius 3 is 2.50 bits per heavy atom. The van der Waals surface area contributed by atoms with Crippen molar-refractivity contribution in [2.75, 3.05) is 10.6 Å². The summed E-state index contributed by atoms with van der Waals surface area (Å²) in [6.45, 7) is 8.06. The SMILES string of the molecule is CC1=C(C(=O)Nc2ccccc2C)[C@H](c2ccc(C)cc2)n2nc(SCc3cccc(C)c3)nc2N1. The molecule has 7 heteroatoms. The van der Waals surface area contributed by atoms with E-state index in [1.807, 2.05) is 42.8 Å². The zero-order valence-electron chi connectivity index (χ0n) is 20.9. The fourth-order valence-electron chi connectivity index (χ4n) is 4.40. The maximum absolute atomic E-state index is 13.7. The lowest BCUT2D eigenvalue weighted by Crippen LogP contribution is -2.31. The molecule has 0 radical (unpaired) electrons. The van der Waals surface area contributed by atoms with E-state index in [1.54, 1.807) is 11.8 Å². The number of fused-ring (bicyclic) bond motifs is 1. The van der Waals surface area contributed by atoms with Crippen LogP contribution in [0.4, 0.5) is 11.6 Å². The molecule has 1 amide bonds. The maximum Gasteiger partial charge on any atom is 0.255 e. The summed E-state index contributed by atoms with van der Waals surface area (Å²) in [6.07, 6.45) is 0. The Kier molecular flexibility index (Phi) is 6.65. The number of aryl methyl sites for hydroxylation is 3. The molecule has 36 heavy (non-hydrogen) atoms. The van der Waals surface area contributed by atoms with E-state index in [1.165, 1.54) is 11.1 Å². The third-order valence-electron chi connectivity index (χ3n) is 6.31. The molecule has 0 saturated carbocycles. The zero-order valence-corrected chi connectivity index (χ0v) is 21.7. The minimum Gasteiger partial charge on any atom is -0.328 e. The molecule has 6 nitrogen and oxygen atoms in total. The van der Waals surface area contributed by atoms with Crippen molar-refractivity contribution < 1.29 is 4.79 Å². The Hall–Kier alpha value is -3.84. The van der Waals surface area contributed by atoms with Crippen LogP contribution < -0.4 is 10.6 Å². The van der Waals surface area contributed by atoms with Crippen molar-refractivity contribution >= 4 is 29.3 Å². The van der Waals surface area contributed by atoms with Crippen LogP contribution in [0.1, 0.15) is 40.8 Å². The quantitative estimate of drug-likeness (QED) is 0.302. The van der Waals surface area contributed by atoms with E-state index < -0.39 is 6.04 Å². The molecular weight excluding hydrogens is 466 g/mol. The zero-order chi connectivity index (χ0) is 25.2. The Bertz CT molecular complexity index is 1450. The molecule has 3 aromatic carbocycles. The number of aromatic nitrogens is 3. The first kappa shape index (κ1) is 23.9. The third kappa shape index (κ3) is 4.93. The number of benzene rings is 3. The van der Waals surface area contributed by atoms with Crippen LogP contribution in [-0.2, 0) is 10.5 Å². The van der Waals surface area contributed by atoms with Crippen LogP contribution in [0.15, 0.2) is 89.2 Å². The molecule has 182 valence electrons. The highest BCUT2D eigenvalue weighted by Gasteiger charge is 2.34. The molecule has 0 unspecified atom stereocenters. The molecule has 0 aliphatic carbocycles. The standard InChI is InChI=1S/C29H29N5OS/c1-18-12-14-23(15-13-18)26-25(27(35)31-24-11-6-5-9-20(24)3)21(4)30-28-32-29(33-34(26)28)36-17-22-10-7-8-19(2)16-22/h5-16,26H,17H2,1-4H3,(H,31,35)(H,30,32,33)/t26-/m0/s1. The number of carbonyl (C=O) groups excluding carboxylic acids is 1. The van der Waals surface area contributed by atoms with Gasteiger partial charge in [0.1, 0.15) is 6.04 Å². The van der Waals surface area contributed by atoms with Gasteiger partial charge >= 0.3 is 0 Å². The Morgan fingerprint density at radius 1 is 0.972 bits per heavy atom. The number of rotatable bonds is 6. The van der Waals surface area contributed by atoms with Gasteiger partial charge in [0, 0.05) is 17.1 Å². The Balaban J connectivity index is 1.49. The van der Waals surface area contributed by atoms with Gasteiger partial charge in [-0.3, -0.25) is 4.79 Å². The van der Waals surface area contributed by atoms with Gasteiger partial charge in [0.2, 0.25) is 11.1 Å². The van der Waals surface area contributed by atoms with Gasteiger partial charge < -0.3 is 10.6 Å². The number of amides is 1. The summed E-state index contributed by atoms with van der Waals surface area (Å²) in [5.74, 6) is 1.25. The van der Waals surface area contributed by atoms with Crippen LogP contribution in [-0.4, -0.2) is 20.7 Å². The summed E-state index contributed by atoms with van der Waals surface area (Å²) in [4.78, 5) is 18.4. The molecule has 1 atom stereocenters. The second-order valence-electron chi connectivity index (χ2n) is 9.19. The minimum atomic E-state index is -0.397. The van der Waals surface area contributed by atoms with Gasteiger partial charge in [0.25, 0.3) is 5.91 Å². The van der Waals surface area contributed by atoms with Gasteiger partial charge in [-0.2, -0.15) is 4.98 Å². The second-order valence-corrected chi connectivity index (χ2v) is 10.1. The highest BCUT2D eigenvalue weighted by Crippen LogP contribution is 2.37. The molecule has 1 aliphatic rings. The highest BCUT2D eigenvalue weighted by atomic mass is 32.2. The van der Waals surface area contributed by atoms with Crippen LogP contribution in [0.5, 0.6) is 0 Å². The summed E-state index contributed by atoms with van der Waals surface area (Å²) in [6, 6.07) is 24.1. The lowest BCUT2D eigenvalue weighted by atomic mass is 9.94. The summed E-state index contributed by atoms with van der Waals surface area (Å²) >= 11 is 1.59. The first-order chi connectivity index (χ1) is 17.4. The van der Waals surface area contributed by atoms with E-state index in [2.05, 4.69) is 73.0 Å².